The minimum atomic E-state index is -0.913. The van der Waals surface area contributed by atoms with Crippen LogP contribution in [-0.4, -0.2) is 41.9 Å². The maximum atomic E-state index is 12.1. The van der Waals surface area contributed by atoms with Gasteiger partial charge in [-0.1, -0.05) is 0 Å². The van der Waals surface area contributed by atoms with Crippen LogP contribution in [0.3, 0.4) is 0 Å². The first-order chi connectivity index (χ1) is 7.38. The average Bonchev–Trinajstić information content (AvgIpc) is 2.25. The van der Waals surface area contributed by atoms with E-state index in [1.54, 1.807) is 25.8 Å². The Morgan fingerprint density at radius 1 is 1.38 bits per heavy atom. The minimum absolute atomic E-state index is 0.0997. The van der Waals surface area contributed by atoms with Crippen molar-refractivity contribution in [3.05, 3.63) is 0 Å². The van der Waals surface area contributed by atoms with Gasteiger partial charge in [-0.2, -0.15) is 0 Å². The van der Waals surface area contributed by atoms with Crippen LogP contribution in [0.25, 0.3) is 0 Å². The van der Waals surface area contributed by atoms with Crippen LogP contribution in [0.4, 0.5) is 0 Å². The predicted octanol–water partition coefficient (Wildman–Crippen LogP) is -0.149. The molecule has 16 heavy (non-hydrogen) atoms. The highest BCUT2D eigenvalue weighted by atomic mass is 16.2. The summed E-state index contributed by atoms with van der Waals surface area (Å²) in [4.78, 5) is 25.3. The molecular weight excluding hydrogens is 206 g/mol. The molecule has 1 unspecified atom stereocenters. The molecule has 0 aromatic carbocycles. The van der Waals surface area contributed by atoms with Crippen LogP contribution in [0.1, 0.15) is 33.1 Å². The number of nitrogens with zero attached hydrogens (tertiary/aromatic N) is 1. The van der Waals surface area contributed by atoms with Crippen LogP contribution in [0.5, 0.6) is 0 Å². The van der Waals surface area contributed by atoms with Gasteiger partial charge < -0.3 is 16.0 Å². The van der Waals surface area contributed by atoms with Gasteiger partial charge in [-0.05, 0) is 33.1 Å². The van der Waals surface area contributed by atoms with Crippen LogP contribution >= 0.6 is 0 Å². The Bertz CT molecular complexity index is 283. The third-order valence-electron chi connectivity index (χ3n) is 2.86. The van der Waals surface area contributed by atoms with Crippen LogP contribution in [-0.2, 0) is 9.59 Å². The number of hydrogen-bond acceptors (Lipinski definition) is 3. The van der Waals surface area contributed by atoms with Gasteiger partial charge in [0.1, 0.15) is 6.04 Å². The lowest BCUT2D eigenvalue weighted by molar-refractivity contribution is -0.145. The lowest BCUT2D eigenvalue weighted by Gasteiger charge is -2.37. The van der Waals surface area contributed by atoms with E-state index in [0.717, 1.165) is 19.3 Å². The Morgan fingerprint density at radius 2 is 2.00 bits per heavy atom. The second-order valence-electron chi connectivity index (χ2n) is 4.85. The average molecular weight is 227 g/mol. The number of rotatable bonds is 2. The van der Waals surface area contributed by atoms with Crippen LogP contribution in [0, 0.1) is 0 Å². The fourth-order valence-electron chi connectivity index (χ4n) is 1.98. The first kappa shape index (κ1) is 13.0. The van der Waals surface area contributed by atoms with Crippen molar-refractivity contribution in [1.29, 1.82) is 0 Å². The van der Waals surface area contributed by atoms with E-state index in [4.69, 9.17) is 5.73 Å². The van der Waals surface area contributed by atoms with Crippen molar-refractivity contribution in [3.63, 3.8) is 0 Å². The molecule has 0 spiro atoms. The van der Waals surface area contributed by atoms with Crippen molar-refractivity contribution in [2.75, 3.05) is 13.6 Å². The van der Waals surface area contributed by atoms with E-state index in [0.29, 0.717) is 6.54 Å². The highest BCUT2D eigenvalue weighted by Gasteiger charge is 2.36. The maximum Gasteiger partial charge on any atom is 0.242 e. The van der Waals surface area contributed by atoms with E-state index >= 15 is 0 Å². The molecule has 1 aliphatic heterocycles. The van der Waals surface area contributed by atoms with Gasteiger partial charge in [-0.3, -0.25) is 9.59 Å². The van der Waals surface area contributed by atoms with Gasteiger partial charge in [0.2, 0.25) is 11.8 Å². The minimum Gasteiger partial charge on any atom is -0.357 e. The van der Waals surface area contributed by atoms with Crippen molar-refractivity contribution >= 4 is 11.8 Å². The Morgan fingerprint density at radius 3 is 2.50 bits per heavy atom. The van der Waals surface area contributed by atoms with Crippen LogP contribution < -0.4 is 11.1 Å². The van der Waals surface area contributed by atoms with E-state index in [-0.39, 0.29) is 17.9 Å². The van der Waals surface area contributed by atoms with E-state index in [1.807, 2.05) is 0 Å². The largest absolute Gasteiger partial charge is 0.357 e. The summed E-state index contributed by atoms with van der Waals surface area (Å²) < 4.78 is 0. The summed E-state index contributed by atoms with van der Waals surface area (Å²) in [6, 6.07) is -0.353. The maximum absolute atomic E-state index is 12.1. The van der Waals surface area contributed by atoms with E-state index in [9.17, 15) is 9.59 Å². The normalized spacial score (nSPS) is 21.8. The molecule has 1 fully saturated rings. The second-order valence-corrected chi connectivity index (χ2v) is 4.85. The third-order valence-corrected chi connectivity index (χ3v) is 2.86. The molecule has 1 atom stereocenters. The monoisotopic (exact) mass is 227 g/mol. The fourth-order valence-corrected chi connectivity index (χ4v) is 1.98. The van der Waals surface area contributed by atoms with Crippen LogP contribution in [0.2, 0.25) is 0 Å². The number of hydrogen-bond donors (Lipinski definition) is 2. The van der Waals surface area contributed by atoms with E-state index < -0.39 is 5.54 Å². The zero-order chi connectivity index (χ0) is 12.3. The number of amides is 2. The van der Waals surface area contributed by atoms with Crippen LogP contribution in [0.15, 0.2) is 0 Å². The zero-order valence-electron chi connectivity index (χ0n) is 10.2. The topological polar surface area (TPSA) is 75.4 Å². The molecule has 3 N–H and O–H groups in total. The third kappa shape index (κ3) is 2.72. The van der Waals surface area contributed by atoms with E-state index in [2.05, 4.69) is 5.32 Å². The molecule has 0 aliphatic carbocycles. The number of piperidine rings is 1. The Hall–Kier alpha value is -1.10. The SMILES string of the molecule is CNC(=O)C1CCCCN1C(=O)C(C)(C)N. The van der Waals surface area contributed by atoms with Gasteiger partial charge in [-0.15, -0.1) is 0 Å². The fraction of sp³-hybridized carbons (Fsp3) is 0.818. The molecule has 92 valence electrons. The Balaban J connectivity index is 2.82. The first-order valence-electron chi connectivity index (χ1n) is 5.69. The Kier molecular flexibility index (Phi) is 3.91. The quantitative estimate of drug-likeness (QED) is 0.689. The number of likely N-dealkylation sites (N-methyl/N-ethyl adjacent to an activating group) is 1. The van der Waals surface area contributed by atoms with Crippen molar-refractivity contribution in [2.24, 2.45) is 5.73 Å². The van der Waals surface area contributed by atoms with E-state index in [1.165, 1.54) is 0 Å². The molecule has 1 rings (SSSR count). The van der Waals surface area contributed by atoms with Crippen molar-refractivity contribution in [3.8, 4) is 0 Å². The molecule has 1 saturated heterocycles. The van der Waals surface area contributed by atoms with Gasteiger partial charge in [-0.25, -0.2) is 0 Å². The van der Waals surface area contributed by atoms with Crippen molar-refractivity contribution < 1.29 is 9.59 Å². The van der Waals surface area contributed by atoms with Gasteiger partial charge in [0.05, 0.1) is 5.54 Å². The molecule has 1 heterocycles. The number of likely N-dealkylation sites (tertiary alicyclic amines) is 1. The number of carbonyl (C=O) groups excluding carboxylic acids is 2. The van der Waals surface area contributed by atoms with Gasteiger partial charge >= 0.3 is 0 Å². The molecule has 0 bridgehead atoms. The van der Waals surface area contributed by atoms with Gasteiger partial charge in [0, 0.05) is 13.6 Å². The summed E-state index contributed by atoms with van der Waals surface area (Å²) in [5, 5.41) is 2.60. The first-order valence-corrected chi connectivity index (χ1v) is 5.69. The molecule has 0 radical (unpaired) electrons. The Labute approximate surface area is 96.4 Å². The molecule has 5 nitrogen and oxygen atoms in total. The lowest BCUT2D eigenvalue weighted by Crippen LogP contribution is -2.59. The van der Waals surface area contributed by atoms with Gasteiger partial charge in [0.15, 0.2) is 0 Å². The molecule has 0 saturated carbocycles. The van der Waals surface area contributed by atoms with Crippen molar-refractivity contribution in [2.45, 2.75) is 44.7 Å². The molecular formula is C11H21N3O2. The summed E-state index contributed by atoms with van der Waals surface area (Å²) in [6.45, 7) is 3.97. The smallest absolute Gasteiger partial charge is 0.242 e. The number of nitrogens with two attached hydrogens (primary N) is 1. The second kappa shape index (κ2) is 4.82. The molecule has 0 aromatic rings. The summed E-state index contributed by atoms with van der Waals surface area (Å²) in [7, 11) is 1.59. The summed E-state index contributed by atoms with van der Waals surface area (Å²) in [5.74, 6) is -0.252. The summed E-state index contributed by atoms with van der Waals surface area (Å²) in [5.41, 5.74) is 4.88. The standard InChI is InChI=1S/C11H21N3O2/c1-11(2,12)10(16)14-7-5-4-6-8(14)9(15)13-3/h8H,4-7,12H2,1-3H3,(H,13,15). The zero-order valence-corrected chi connectivity index (χ0v) is 10.2. The molecule has 0 aromatic heterocycles. The summed E-state index contributed by atoms with van der Waals surface area (Å²) in [6.07, 6.45) is 2.64. The molecule has 5 heteroatoms. The highest BCUT2D eigenvalue weighted by molar-refractivity contribution is 5.91. The highest BCUT2D eigenvalue weighted by Crippen LogP contribution is 2.20. The molecule has 1 aliphatic rings. The summed E-state index contributed by atoms with van der Waals surface area (Å²) >= 11 is 0. The number of carbonyl (C=O) groups is 2. The van der Waals surface area contributed by atoms with Gasteiger partial charge in [0.25, 0.3) is 0 Å². The predicted molar refractivity (Wildman–Crippen MR) is 61.7 cm³/mol. The lowest BCUT2D eigenvalue weighted by atomic mass is 9.97. The number of nitrogens with one attached hydrogen (secondary N) is 1. The molecule has 2 amide bonds. The van der Waals surface area contributed by atoms with Crippen molar-refractivity contribution in [1.82, 2.24) is 10.2 Å².